The molecule has 1 aromatic carbocycles. The molecule has 1 amide bonds. The molecule has 3 heterocycles. The molecule has 0 N–H and O–H groups in total. The average Bonchev–Trinajstić information content (AvgIpc) is 3.82. The quantitative estimate of drug-likeness (QED) is 0.434. The van der Waals surface area contributed by atoms with E-state index in [0.29, 0.717) is 40.4 Å². The number of fused-ring (bicyclic) bond motifs is 3. The number of piperidine rings is 1. The number of nitrogens with zero attached hydrogens (tertiary/aromatic N) is 4. The number of likely N-dealkylation sites (tertiary alicyclic amines) is 1. The molecule has 3 aromatic rings. The van der Waals surface area contributed by atoms with Crippen molar-refractivity contribution in [2.24, 2.45) is 11.8 Å². The summed E-state index contributed by atoms with van der Waals surface area (Å²) in [6.07, 6.45) is 16.4. The van der Waals surface area contributed by atoms with Crippen LogP contribution in [0.4, 0.5) is 4.39 Å². The van der Waals surface area contributed by atoms with Crippen molar-refractivity contribution in [3.05, 3.63) is 77.4 Å². The summed E-state index contributed by atoms with van der Waals surface area (Å²) in [5, 5.41) is 4.79. The molecule has 4 aliphatic carbocycles. The molecule has 0 radical (unpaired) electrons. The van der Waals surface area contributed by atoms with Crippen LogP contribution in [0.2, 0.25) is 0 Å². The van der Waals surface area contributed by atoms with Crippen LogP contribution in [0.5, 0.6) is 0 Å². The van der Waals surface area contributed by atoms with Crippen LogP contribution in [-0.4, -0.2) is 37.5 Å². The van der Waals surface area contributed by atoms with Crippen molar-refractivity contribution in [2.45, 2.75) is 68.7 Å². The van der Waals surface area contributed by atoms with Gasteiger partial charge in [-0.3, -0.25) is 4.79 Å². The number of carbonyl (C=O) groups excluding carboxylic acids is 1. The van der Waals surface area contributed by atoms with Crippen molar-refractivity contribution in [3.8, 4) is 11.3 Å². The summed E-state index contributed by atoms with van der Waals surface area (Å²) < 4.78 is 17.1. The molecule has 188 valence electrons. The standard InChI is InChI=1S/C31H31FN4O/c1-30(11-12-30)21-8-9-22(24(32)16-21)25-18-28-33-26(17-27(20-6-7-20)36(28)34-25)29(37)35-15-10-19-4-2-3-5-23(19)31(35)13-14-31/h2-5,8-9,16-20,23H,6-7,10-15H2,1H3. The molecule has 37 heavy (non-hydrogen) atoms. The molecule has 2 aromatic heterocycles. The van der Waals surface area contributed by atoms with Crippen LogP contribution < -0.4 is 0 Å². The van der Waals surface area contributed by atoms with E-state index >= 15 is 4.39 Å². The van der Waals surface area contributed by atoms with Crippen molar-refractivity contribution in [2.75, 3.05) is 6.54 Å². The Kier molecular flexibility index (Phi) is 4.35. The second-order valence-corrected chi connectivity index (χ2v) is 12.2. The number of rotatable bonds is 4. The molecule has 2 unspecified atom stereocenters. The lowest BCUT2D eigenvalue weighted by atomic mass is 9.75. The van der Waals surface area contributed by atoms with Gasteiger partial charge in [0, 0.05) is 35.7 Å². The number of halogens is 1. The number of benzene rings is 1. The third kappa shape index (κ3) is 3.30. The first-order valence-electron chi connectivity index (χ1n) is 13.8. The number of carbonyl (C=O) groups is 1. The van der Waals surface area contributed by atoms with Crippen molar-refractivity contribution in [1.82, 2.24) is 19.5 Å². The minimum absolute atomic E-state index is 0.0271. The summed E-state index contributed by atoms with van der Waals surface area (Å²) in [5.41, 5.74) is 4.31. The maximum Gasteiger partial charge on any atom is 0.273 e. The number of amides is 1. The zero-order valence-corrected chi connectivity index (χ0v) is 21.2. The summed E-state index contributed by atoms with van der Waals surface area (Å²) in [6, 6.07) is 9.35. The van der Waals surface area contributed by atoms with E-state index in [9.17, 15) is 4.79 Å². The Bertz CT molecular complexity index is 1520. The van der Waals surface area contributed by atoms with Crippen molar-refractivity contribution in [1.29, 1.82) is 0 Å². The molecule has 2 atom stereocenters. The molecule has 6 heteroatoms. The van der Waals surface area contributed by atoms with Crippen LogP contribution in [0, 0.1) is 17.7 Å². The van der Waals surface area contributed by atoms with Gasteiger partial charge in [-0.25, -0.2) is 13.9 Å². The van der Waals surface area contributed by atoms with E-state index in [2.05, 4.69) is 36.1 Å². The van der Waals surface area contributed by atoms with Crippen LogP contribution in [0.3, 0.4) is 0 Å². The number of hydrogen-bond donors (Lipinski definition) is 0. The molecule has 4 fully saturated rings. The van der Waals surface area contributed by atoms with Gasteiger partial charge in [-0.1, -0.05) is 37.3 Å². The molecule has 3 saturated carbocycles. The Balaban J connectivity index is 1.17. The molecule has 5 nitrogen and oxygen atoms in total. The van der Waals surface area contributed by atoms with E-state index in [1.54, 1.807) is 6.07 Å². The third-order valence-corrected chi connectivity index (χ3v) is 9.71. The van der Waals surface area contributed by atoms with E-state index < -0.39 is 0 Å². The Morgan fingerprint density at radius 1 is 1.03 bits per heavy atom. The molecule has 1 saturated heterocycles. The van der Waals surface area contributed by atoms with Crippen LogP contribution >= 0.6 is 0 Å². The Morgan fingerprint density at radius 3 is 2.57 bits per heavy atom. The summed E-state index contributed by atoms with van der Waals surface area (Å²) in [4.78, 5) is 20.9. The Morgan fingerprint density at radius 2 is 1.84 bits per heavy atom. The van der Waals surface area contributed by atoms with E-state index in [1.807, 2.05) is 28.8 Å². The summed E-state index contributed by atoms with van der Waals surface area (Å²) in [6.45, 7) is 2.96. The minimum Gasteiger partial charge on any atom is -0.331 e. The zero-order chi connectivity index (χ0) is 24.9. The Labute approximate surface area is 216 Å². The van der Waals surface area contributed by atoms with Gasteiger partial charge in [0.15, 0.2) is 5.65 Å². The highest BCUT2D eigenvalue weighted by Crippen LogP contribution is 2.56. The first-order valence-corrected chi connectivity index (χ1v) is 13.8. The lowest BCUT2D eigenvalue weighted by Crippen LogP contribution is -2.53. The molecule has 0 bridgehead atoms. The molecule has 1 spiro atoms. The normalized spacial score (nSPS) is 26.5. The van der Waals surface area contributed by atoms with Crippen LogP contribution in [0.25, 0.3) is 16.9 Å². The van der Waals surface area contributed by atoms with Crippen molar-refractivity contribution >= 4 is 11.6 Å². The zero-order valence-electron chi connectivity index (χ0n) is 21.2. The van der Waals surface area contributed by atoms with E-state index in [0.717, 1.165) is 62.7 Å². The van der Waals surface area contributed by atoms with Gasteiger partial charge in [0.05, 0.1) is 11.2 Å². The molecular weight excluding hydrogens is 463 g/mol. The highest BCUT2D eigenvalue weighted by atomic mass is 19.1. The summed E-state index contributed by atoms with van der Waals surface area (Å²) >= 11 is 0. The van der Waals surface area contributed by atoms with E-state index in [-0.39, 0.29) is 22.7 Å². The topological polar surface area (TPSA) is 50.5 Å². The average molecular weight is 495 g/mol. The van der Waals surface area contributed by atoms with E-state index in [4.69, 9.17) is 10.1 Å². The fourth-order valence-electron chi connectivity index (χ4n) is 6.84. The second kappa shape index (κ2) is 7.40. The van der Waals surface area contributed by atoms with Gasteiger partial charge in [0.1, 0.15) is 11.5 Å². The second-order valence-electron chi connectivity index (χ2n) is 12.2. The number of hydrogen-bond acceptors (Lipinski definition) is 3. The maximum absolute atomic E-state index is 15.2. The predicted molar refractivity (Wildman–Crippen MR) is 140 cm³/mol. The van der Waals surface area contributed by atoms with Crippen molar-refractivity contribution < 1.29 is 9.18 Å². The fourth-order valence-corrected chi connectivity index (χ4v) is 6.84. The van der Waals surface area contributed by atoms with Crippen LogP contribution in [-0.2, 0) is 5.41 Å². The van der Waals surface area contributed by atoms with Crippen LogP contribution in [0.15, 0.2) is 54.6 Å². The first kappa shape index (κ1) is 21.8. The van der Waals surface area contributed by atoms with Gasteiger partial charge in [0.2, 0.25) is 0 Å². The molecule has 5 aliphatic rings. The minimum atomic E-state index is -0.244. The van der Waals surface area contributed by atoms with Gasteiger partial charge in [-0.2, -0.15) is 5.10 Å². The van der Waals surface area contributed by atoms with Gasteiger partial charge in [-0.05, 0) is 80.0 Å². The van der Waals surface area contributed by atoms with Gasteiger partial charge >= 0.3 is 0 Å². The SMILES string of the molecule is CC1(c2ccc(-c3cc4nc(C(=O)N5CCC6C=CC=CC6C56CC6)cc(C5CC5)n4n3)c(F)c2)CC1. The van der Waals surface area contributed by atoms with Crippen LogP contribution in [0.1, 0.15) is 79.5 Å². The third-order valence-electron chi connectivity index (χ3n) is 9.71. The van der Waals surface area contributed by atoms with Gasteiger partial charge in [0.25, 0.3) is 5.91 Å². The van der Waals surface area contributed by atoms with Crippen molar-refractivity contribution in [3.63, 3.8) is 0 Å². The maximum atomic E-state index is 15.2. The fraction of sp³-hybridized carbons (Fsp3) is 0.452. The van der Waals surface area contributed by atoms with E-state index in [1.165, 1.54) is 0 Å². The van der Waals surface area contributed by atoms with Gasteiger partial charge in [-0.15, -0.1) is 0 Å². The highest BCUT2D eigenvalue weighted by molar-refractivity contribution is 5.94. The lowest BCUT2D eigenvalue weighted by Gasteiger charge is -2.45. The molecular formula is C31H31FN4O. The monoisotopic (exact) mass is 494 g/mol. The van der Waals surface area contributed by atoms with Gasteiger partial charge < -0.3 is 4.90 Å². The first-order chi connectivity index (χ1) is 18.0. The highest BCUT2D eigenvalue weighted by Gasteiger charge is 2.59. The lowest BCUT2D eigenvalue weighted by molar-refractivity contribution is 0.0404. The summed E-state index contributed by atoms with van der Waals surface area (Å²) in [7, 11) is 0. The summed E-state index contributed by atoms with van der Waals surface area (Å²) in [5.74, 6) is 1.08. The number of aromatic nitrogens is 3. The predicted octanol–water partition coefficient (Wildman–Crippen LogP) is 6.20. The Hall–Kier alpha value is -3.28. The molecule has 1 aliphatic heterocycles. The number of allylic oxidation sites excluding steroid dienone is 3. The largest absolute Gasteiger partial charge is 0.331 e. The molecule has 8 rings (SSSR count). The smallest absolute Gasteiger partial charge is 0.273 e.